The van der Waals surface area contributed by atoms with E-state index >= 15 is 0 Å². The summed E-state index contributed by atoms with van der Waals surface area (Å²) >= 11 is 0. The van der Waals surface area contributed by atoms with Crippen LogP contribution in [0.25, 0.3) is 0 Å². The summed E-state index contributed by atoms with van der Waals surface area (Å²) < 4.78 is 65.0. The average molecular weight is 242 g/mol. The zero-order valence-corrected chi connectivity index (χ0v) is 7.76. The van der Waals surface area contributed by atoms with Gasteiger partial charge in [-0.05, 0) is 6.07 Å². The summed E-state index contributed by atoms with van der Waals surface area (Å²) in [5.74, 6) is -1.75. The molecule has 0 fully saturated rings. The van der Waals surface area contributed by atoms with Gasteiger partial charge in [0, 0.05) is 11.6 Å². The first kappa shape index (κ1) is 12.7. The maximum absolute atomic E-state index is 12.7. The summed E-state index contributed by atoms with van der Waals surface area (Å²) in [7, 11) is 0. The molecule has 0 atom stereocenters. The minimum Gasteiger partial charge on any atom is -0.428 e. The summed E-state index contributed by atoms with van der Waals surface area (Å²) in [5, 5.41) is 8.71. The Balaban J connectivity index is 2.99. The lowest BCUT2D eigenvalue weighted by Gasteiger charge is -2.18. The van der Waals surface area contributed by atoms with Crippen molar-refractivity contribution in [3.05, 3.63) is 29.6 Å². The minimum atomic E-state index is -4.72. The highest BCUT2D eigenvalue weighted by Gasteiger charge is 2.44. The van der Waals surface area contributed by atoms with Crippen LogP contribution in [0.2, 0.25) is 0 Å². The molecule has 1 rings (SSSR count). The lowest BCUT2D eigenvalue weighted by atomic mass is 10.2. The van der Waals surface area contributed by atoms with Crippen molar-refractivity contribution in [1.29, 1.82) is 0 Å². The Kier molecular flexibility index (Phi) is 3.69. The van der Waals surface area contributed by atoms with Crippen LogP contribution in [-0.4, -0.2) is 17.6 Å². The standard InChI is InChI=1S/C9H7F5O2/c10-6-2-1-5(4-15)7(3-6)16-9(13,14)8(11)12/h1-3,8,15H,4H2. The minimum absolute atomic E-state index is 0.207. The van der Waals surface area contributed by atoms with E-state index in [0.29, 0.717) is 6.07 Å². The highest BCUT2D eigenvalue weighted by atomic mass is 19.3. The zero-order chi connectivity index (χ0) is 12.3. The third kappa shape index (κ3) is 2.82. The molecule has 0 bridgehead atoms. The van der Waals surface area contributed by atoms with Gasteiger partial charge in [0.25, 0.3) is 0 Å². The maximum Gasteiger partial charge on any atom is 0.461 e. The van der Waals surface area contributed by atoms with Crippen LogP contribution in [0.5, 0.6) is 5.75 Å². The molecule has 0 aliphatic heterocycles. The summed E-state index contributed by atoms with van der Waals surface area (Å²) in [6, 6.07) is 2.35. The summed E-state index contributed by atoms with van der Waals surface area (Å²) in [6.07, 6.45) is -8.76. The van der Waals surface area contributed by atoms with E-state index in [0.717, 1.165) is 12.1 Å². The second-order valence-corrected chi connectivity index (χ2v) is 2.87. The van der Waals surface area contributed by atoms with E-state index in [9.17, 15) is 22.0 Å². The zero-order valence-electron chi connectivity index (χ0n) is 7.76. The predicted molar refractivity (Wildman–Crippen MR) is 43.9 cm³/mol. The van der Waals surface area contributed by atoms with Gasteiger partial charge in [-0.3, -0.25) is 0 Å². The smallest absolute Gasteiger partial charge is 0.428 e. The topological polar surface area (TPSA) is 29.5 Å². The van der Waals surface area contributed by atoms with Gasteiger partial charge >= 0.3 is 12.5 Å². The van der Waals surface area contributed by atoms with Crippen molar-refractivity contribution < 1.29 is 31.8 Å². The third-order valence-electron chi connectivity index (χ3n) is 1.70. The van der Waals surface area contributed by atoms with E-state index < -0.39 is 30.7 Å². The molecule has 1 aromatic carbocycles. The molecular formula is C9H7F5O2. The lowest BCUT2D eigenvalue weighted by molar-refractivity contribution is -0.253. The molecule has 0 amide bonds. The normalized spacial score (nSPS) is 11.9. The molecule has 2 nitrogen and oxygen atoms in total. The molecule has 1 N–H and O–H groups in total. The van der Waals surface area contributed by atoms with Crippen LogP contribution >= 0.6 is 0 Å². The van der Waals surface area contributed by atoms with Crippen molar-refractivity contribution in [3.8, 4) is 5.75 Å². The highest BCUT2D eigenvalue weighted by molar-refractivity contribution is 5.33. The molecule has 0 spiro atoms. The molecule has 0 aliphatic carbocycles. The van der Waals surface area contributed by atoms with Crippen molar-refractivity contribution >= 4 is 0 Å². The molecule has 16 heavy (non-hydrogen) atoms. The number of benzene rings is 1. The summed E-state index contributed by atoms with van der Waals surface area (Å²) in [6.45, 7) is -0.727. The van der Waals surface area contributed by atoms with Gasteiger partial charge in [-0.15, -0.1) is 0 Å². The number of hydrogen-bond acceptors (Lipinski definition) is 2. The fraction of sp³-hybridized carbons (Fsp3) is 0.333. The molecule has 0 unspecified atom stereocenters. The fourth-order valence-corrected chi connectivity index (χ4v) is 0.945. The van der Waals surface area contributed by atoms with Gasteiger partial charge in [0.2, 0.25) is 0 Å². The summed E-state index contributed by atoms with van der Waals surface area (Å²) in [4.78, 5) is 0. The Morgan fingerprint density at radius 2 is 1.94 bits per heavy atom. The van der Waals surface area contributed by atoms with E-state index in [1.54, 1.807) is 0 Å². The molecule has 0 aliphatic rings. The van der Waals surface area contributed by atoms with Crippen LogP contribution in [0, 0.1) is 5.82 Å². The second-order valence-electron chi connectivity index (χ2n) is 2.87. The van der Waals surface area contributed by atoms with Crippen LogP contribution in [0.3, 0.4) is 0 Å². The number of rotatable bonds is 4. The van der Waals surface area contributed by atoms with Gasteiger partial charge in [0.1, 0.15) is 11.6 Å². The Bertz CT molecular complexity index is 367. The number of ether oxygens (including phenoxy) is 1. The van der Waals surface area contributed by atoms with Gasteiger partial charge in [0.15, 0.2) is 0 Å². The Morgan fingerprint density at radius 3 is 2.44 bits per heavy atom. The molecule has 1 aromatic rings. The monoisotopic (exact) mass is 242 g/mol. The van der Waals surface area contributed by atoms with Crippen molar-refractivity contribution in [3.63, 3.8) is 0 Å². The third-order valence-corrected chi connectivity index (χ3v) is 1.70. The van der Waals surface area contributed by atoms with Crippen LogP contribution in [0.4, 0.5) is 22.0 Å². The number of aliphatic hydroxyl groups is 1. The molecule has 0 saturated heterocycles. The number of alkyl halides is 4. The first-order valence-corrected chi connectivity index (χ1v) is 4.11. The molecule has 7 heteroatoms. The van der Waals surface area contributed by atoms with Gasteiger partial charge in [-0.2, -0.15) is 17.6 Å². The van der Waals surface area contributed by atoms with E-state index in [4.69, 9.17) is 5.11 Å². The first-order chi connectivity index (χ1) is 7.36. The maximum atomic E-state index is 12.7. The van der Waals surface area contributed by atoms with Gasteiger partial charge < -0.3 is 9.84 Å². The van der Waals surface area contributed by atoms with Gasteiger partial charge in [-0.1, -0.05) is 6.07 Å². The van der Waals surface area contributed by atoms with Gasteiger partial charge in [-0.25, -0.2) is 4.39 Å². The molecule has 0 saturated carbocycles. The van der Waals surface area contributed by atoms with Crippen molar-refractivity contribution in [2.24, 2.45) is 0 Å². The SMILES string of the molecule is OCc1ccc(F)cc1OC(F)(F)C(F)F. The van der Waals surface area contributed by atoms with Crippen LogP contribution in [0.1, 0.15) is 5.56 Å². The predicted octanol–water partition coefficient (Wildman–Crippen LogP) is 2.55. The molecule has 0 radical (unpaired) electrons. The second kappa shape index (κ2) is 4.65. The van der Waals surface area contributed by atoms with E-state index in [-0.39, 0.29) is 5.56 Å². The Labute approximate surface area is 87.3 Å². The number of halogens is 5. The van der Waals surface area contributed by atoms with E-state index in [1.807, 2.05) is 0 Å². The molecule has 90 valence electrons. The number of hydrogen-bond donors (Lipinski definition) is 1. The quantitative estimate of drug-likeness (QED) is 0.822. The summed E-state index contributed by atoms with van der Waals surface area (Å²) in [5.41, 5.74) is -0.207. The van der Waals surface area contributed by atoms with Crippen molar-refractivity contribution in [2.45, 2.75) is 19.1 Å². The van der Waals surface area contributed by atoms with Gasteiger partial charge in [0.05, 0.1) is 6.61 Å². The van der Waals surface area contributed by atoms with E-state index in [1.165, 1.54) is 0 Å². The van der Waals surface area contributed by atoms with Crippen molar-refractivity contribution in [2.75, 3.05) is 0 Å². The van der Waals surface area contributed by atoms with Crippen LogP contribution in [0.15, 0.2) is 18.2 Å². The Hall–Kier alpha value is -1.37. The molecular weight excluding hydrogens is 235 g/mol. The largest absolute Gasteiger partial charge is 0.461 e. The highest BCUT2D eigenvalue weighted by Crippen LogP contribution is 2.30. The van der Waals surface area contributed by atoms with Crippen LogP contribution < -0.4 is 4.74 Å². The number of aliphatic hydroxyl groups excluding tert-OH is 1. The molecule has 0 aromatic heterocycles. The van der Waals surface area contributed by atoms with E-state index in [2.05, 4.69) is 4.74 Å². The van der Waals surface area contributed by atoms with Crippen molar-refractivity contribution in [1.82, 2.24) is 0 Å². The fourth-order valence-electron chi connectivity index (χ4n) is 0.945. The van der Waals surface area contributed by atoms with Crippen LogP contribution in [-0.2, 0) is 6.61 Å². The average Bonchev–Trinajstić information content (AvgIpc) is 2.17. The Morgan fingerprint density at radius 1 is 1.31 bits per heavy atom. The molecule has 0 heterocycles. The first-order valence-electron chi connectivity index (χ1n) is 4.11. The lowest BCUT2D eigenvalue weighted by Crippen LogP contribution is -2.33.